The van der Waals surface area contributed by atoms with Gasteiger partial charge in [0.15, 0.2) is 17.5 Å². The number of rotatable bonds is 2. The Morgan fingerprint density at radius 1 is 1.04 bits per heavy atom. The number of nitrogens with two attached hydrogens (primary N) is 1. The predicted molar refractivity (Wildman–Crippen MR) is 91.9 cm³/mol. The molecule has 0 spiro atoms. The summed E-state index contributed by atoms with van der Waals surface area (Å²) >= 11 is 0. The average molecular weight is 358 g/mol. The molecule has 0 bridgehead atoms. The summed E-state index contributed by atoms with van der Waals surface area (Å²) in [5, 5.41) is 0.242. The van der Waals surface area contributed by atoms with Crippen LogP contribution in [0.2, 0.25) is 0 Å². The Balaban J connectivity index is 2.13. The first-order valence-electron chi connectivity index (χ1n) is 7.68. The van der Waals surface area contributed by atoms with Crippen LogP contribution in [-0.4, -0.2) is 21.6 Å². The molecule has 8 heteroatoms. The fraction of sp³-hybridized carbons (Fsp3) is 0.111. The number of fused-ring (bicyclic) bond motifs is 2. The molecule has 2 aromatic carbocycles. The maximum Gasteiger partial charge on any atom is 0.186 e. The monoisotopic (exact) mass is 358 g/mol. The molecule has 0 amide bonds. The summed E-state index contributed by atoms with van der Waals surface area (Å²) in [6.45, 7) is 1.49. The fourth-order valence-electron chi connectivity index (χ4n) is 3.03. The Morgan fingerprint density at radius 2 is 1.81 bits per heavy atom. The zero-order valence-corrected chi connectivity index (χ0v) is 13.8. The number of hydrogen-bond donors (Lipinski definition) is 1. The van der Waals surface area contributed by atoms with Gasteiger partial charge in [0, 0.05) is 17.6 Å². The molecule has 2 N–H and O–H groups in total. The third-order valence-electron chi connectivity index (χ3n) is 4.23. The van der Waals surface area contributed by atoms with Crippen molar-refractivity contribution in [2.24, 2.45) is 0 Å². The Labute approximate surface area is 145 Å². The number of aryl methyl sites for hydroxylation is 1. The zero-order valence-electron chi connectivity index (χ0n) is 13.8. The summed E-state index contributed by atoms with van der Waals surface area (Å²) in [7, 11) is 1.48. The molecule has 5 nitrogen and oxygen atoms in total. The van der Waals surface area contributed by atoms with Crippen molar-refractivity contribution < 1.29 is 17.9 Å². The molecule has 0 radical (unpaired) electrons. The van der Waals surface area contributed by atoms with Gasteiger partial charge in [-0.2, -0.15) is 0 Å². The van der Waals surface area contributed by atoms with Gasteiger partial charge >= 0.3 is 0 Å². The van der Waals surface area contributed by atoms with Crippen LogP contribution >= 0.6 is 0 Å². The number of nitrogen functional groups attached to an aromatic ring is 1. The maximum atomic E-state index is 15.1. The zero-order chi connectivity index (χ0) is 18.6. The van der Waals surface area contributed by atoms with Crippen LogP contribution < -0.4 is 10.5 Å². The van der Waals surface area contributed by atoms with Crippen molar-refractivity contribution in [3.8, 4) is 11.4 Å². The molecule has 26 heavy (non-hydrogen) atoms. The molecule has 0 saturated carbocycles. The molecule has 0 aliphatic carbocycles. The van der Waals surface area contributed by atoms with Crippen molar-refractivity contribution in [2.75, 3.05) is 12.8 Å². The molecule has 0 aliphatic rings. The lowest BCUT2D eigenvalue weighted by molar-refractivity contribution is 0.415. The smallest absolute Gasteiger partial charge is 0.186 e. The number of hydrogen-bond acceptors (Lipinski definition) is 4. The van der Waals surface area contributed by atoms with Crippen molar-refractivity contribution in [3.63, 3.8) is 0 Å². The summed E-state index contributed by atoms with van der Waals surface area (Å²) < 4.78 is 50.9. The van der Waals surface area contributed by atoms with Gasteiger partial charge in [-0.05, 0) is 25.1 Å². The first-order valence-corrected chi connectivity index (χ1v) is 7.68. The number of benzene rings is 2. The molecule has 4 aromatic rings. The van der Waals surface area contributed by atoms with Gasteiger partial charge in [-0.3, -0.25) is 0 Å². The number of anilines is 1. The number of nitrogens with zero attached hydrogens (tertiary/aromatic N) is 3. The summed E-state index contributed by atoms with van der Waals surface area (Å²) in [6.07, 6.45) is 1.45. The largest absolute Gasteiger partial charge is 0.497 e. The standard InChI is InChI=1S/C18H13F3N4O/c1-8-23-16-12(18(22)24-8)13(19)14(20)17(15(16)21)25-6-5-9-3-4-10(26-2)7-11(9)25/h3-7H,1-2H3,(H2,22,23,24). The van der Waals surface area contributed by atoms with E-state index in [-0.39, 0.29) is 17.2 Å². The second-order valence-corrected chi connectivity index (χ2v) is 5.78. The summed E-state index contributed by atoms with van der Waals surface area (Å²) in [5.41, 5.74) is 5.16. The second kappa shape index (κ2) is 5.62. The molecule has 132 valence electrons. The number of methoxy groups -OCH3 is 1. The van der Waals surface area contributed by atoms with Gasteiger partial charge in [0.1, 0.15) is 28.6 Å². The summed E-state index contributed by atoms with van der Waals surface area (Å²) in [6, 6.07) is 6.73. The van der Waals surface area contributed by atoms with Crippen LogP contribution in [0, 0.1) is 24.4 Å². The van der Waals surface area contributed by atoms with Gasteiger partial charge in [0.2, 0.25) is 0 Å². The highest BCUT2D eigenvalue weighted by molar-refractivity contribution is 5.92. The maximum absolute atomic E-state index is 15.1. The van der Waals surface area contributed by atoms with Crippen molar-refractivity contribution in [3.05, 3.63) is 53.7 Å². The van der Waals surface area contributed by atoms with Crippen LogP contribution in [0.3, 0.4) is 0 Å². The molecule has 0 saturated heterocycles. The van der Waals surface area contributed by atoms with Crippen LogP contribution in [0.15, 0.2) is 30.5 Å². The van der Waals surface area contributed by atoms with Crippen molar-refractivity contribution >= 4 is 27.6 Å². The quantitative estimate of drug-likeness (QED) is 0.552. The van der Waals surface area contributed by atoms with Gasteiger partial charge in [0.25, 0.3) is 0 Å². The number of aromatic nitrogens is 3. The van der Waals surface area contributed by atoms with Crippen LogP contribution in [0.5, 0.6) is 5.75 Å². The Bertz CT molecular complexity index is 1190. The lowest BCUT2D eigenvalue weighted by atomic mass is 10.1. The van der Waals surface area contributed by atoms with Gasteiger partial charge in [-0.25, -0.2) is 23.1 Å². The summed E-state index contributed by atoms with van der Waals surface area (Å²) in [4.78, 5) is 7.69. The highest BCUT2D eigenvalue weighted by atomic mass is 19.2. The molecular weight excluding hydrogens is 345 g/mol. The van der Waals surface area contributed by atoms with E-state index in [9.17, 15) is 8.78 Å². The minimum absolute atomic E-state index is 0.157. The van der Waals surface area contributed by atoms with E-state index in [1.165, 1.54) is 24.8 Å². The lowest BCUT2D eigenvalue weighted by Crippen LogP contribution is -2.08. The molecule has 0 atom stereocenters. The van der Waals surface area contributed by atoms with Crippen LogP contribution in [-0.2, 0) is 0 Å². The molecule has 2 aromatic heterocycles. The van der Waals surface area contributed by atoms with Gasteiger partial charge < -0.3 is 15.0 Å². The minimum Gasteiger partial charge on any atom is -0.497 e. The van der Waals surface area contributed by atoms with E-state index >= 15 is 4.39 Å². The Morgan fingerprint density at radius 3 is 2.54 bits per heavy atom. The third-order valence-corrected chi connectivity index (χ3v) is 4.23. The molecular formula is C18H13F3N4O. The van der Waals surface area contributed by atoms with Crippen molar-refractivity contribution in [1.82, 2.24) is 14.5 Å². The third kappa shape index (κ3) is 2.18. The molecule has 0 aliphatic heterocycles. The van der Waals surface area contributed by atoms with Gasteiger partial charge in [-0.1, -0.05) is 0 Å². The minimum atomic E-state index is -1.37. The number of ether oxygens (including phenoxy) is 1. The van der Waals surface area contributed by atoms with E-state index in [4.69, 9.17) is 10.5 Å². The van der Waals surface area contributed by atoms with E-state index in [2.05, 4.69) is 9.97 Å². The van der Waals surface area contributed by atoms with Crippen molar-refractivity contribution in [1.29, 1.82) is 0 Å². The SMILES string of the molecule is COc1ccc2ccn(-c3c(F)c(F)c4c(N)nc(C)nc4c3F)c2c1. The Kier molecular flexibility index (Phi) is 3.50. The highest BCUT2D eigenvalue weighted by Gasteiger charge is 2.25. The molecule has 0 fully saturated rings. The van der Waals surface area contributed by atoms with E-state index in [0.29, 0.717) is 16.7 Å². The first-order chi connectivity index (χ1) is 12.4. The lowest BCUT2D eigenvalue weighted by Gasteiger charge is -2.13. The fourth-order valence-corrected chi connectivity index (χ4v) is 3.03. The predicted octanol–water partition coefficient (Wildman–Crippen LogP) is 3.89. The van der Waals surface area contributed by atoms with E-state index in [1.807, 2.05) is 0 Å². The Hall–Kier alpha value is -3.29. The number of halogens is 3. The van der Waals surface area contributed by atoms with Gasteiger partial charge in [-0.15, -0.1) is 0 Å². The summed E-state index contributed by atoms with van der Waals surface area (Å²) in [5.74, 6) is -3.33. The van der Waals surface area contributed by atoms with Gasteiger partial charge in [0.05, 0.1) is 18.0 Å². The van der Waals surface area contributed by atoms with E-state index < -0.39 is 28.5 Å². The van der Waals surface area contributed by atoms with Crippen LogP contribution in [0.25, 0.3) is 27.5 Å². The van der Waals surface area contributed by atoms with Crippen LogP contribution in [0.4, 0.5) is 19.0 Å². The second-order valence-electron chi connectivity index (χ2n) is 5.78. The highest BCUT2D eigenvalue weighted by Crippen LogP contribution is 2.34. The topological polar surface area (TPSA) is 66.0 Å². The molecule has 2 heterocycles. The van der Waals surface area contributed by atoms with Crippen molar-refractivity contribution in [2.45, 2.75) is 6.92 Å². The van der Waals surface area contributed by atoms with E-state index in [0.717, 1.165) is 0 Å². The van der Waals surface area contributed by atoms with Crippen LogP contribution in [0.1, 0.15) is 5.82 Å². The normalized spacial score (nSPS) is 11.4. The average Bonchev–Trinajstić information content (AvgIpc) is 3.02. The first kappa shape index (κ1) is 16.2. The molecule has 4 rings (SSSR count). The molecule has 0 unspecified atom stereocenters. The van der Waals surface area contributed by atoms with E-state index in [1.54, 1.807) is 24.3 Å².